The highest BCUT2D eigenvalue weighted by Gasteiger charge is 2.25. The Morgan fingerprint density at radius 2 is 2.20 bits per heavy atom. The molecule has 15 heavy (non-hydrogen) atoms. The van der Waals surface area contributed by atoms with Crippen LogP contribution in [0.2, 0.25) is 0 Å². The molecule has 2 unspecified atom stereocenters. The monoisotopic (exact) mass is 231 g/mol. The van der Waals surface area contributed by atoms with Gasteiger partial charge in [0.05, 0.1) is 6.04 Å². The topological polar surface area (TPSA) is 61.4 Å². The summed E-state index contributed by atoms with van der Waals surface area (Å²) in [6.07, 6.45) is 0. The third-order valence-corrected chi connectivity index (χ3v) is 3.14. The summed E-state index contributed by atoms with van der Waals surface area (Å²) in [5.74, 6) is 1.39. The molecular formula is C9H17N3O2S. The molecule has 0 aliphatic carbocycles. The number of nitrogens with zero attached hydrogens (tertiary/aromatic N) is 1. The lowest BCUT2D eigenvalue weighted by Crippen LogP contribution is -2.50. The molecule has 1 aliphatic rings. The maximum Gasteiger partial charge on any atom is 0.244 e. The number of carbonyl (C=O) groups is 2. The smallest absolute Gasteiger partial charge is 0.244 e. The highest BCUT2D eigenvalue weighted by molar-refractivity contribution is 7.99. The molecule has 0 aromatic heterocycles. The number of hydrogen-bond acceptors (Lipinski definition) is 4. The summed E-state index contributed by atoms with van der Waals surface area (Å²) in [4.78, 5) is 24.6. The van der Waals surface area contributed by atoms with Gasteiger partial charge in [-0.25, -0.2) is 0 Å². The van der Waals surface area contributed by atoms with Crippen LogP contribution in [-0.2, 0) is 9.59 Å². The largest absolute Gasteiger partial charge is 0.347 e. The second kappa shape index (κ2) is 5.37. The van der Waals surface area contributed by atoms with Gasteiger partial charge in [0, 0.05) is 25.7 Å². The molecule has 0 saturated carbocycles. The van der Waals surface area contributed by atoms with E-state index < -0.39 is 6.04 Å². The minimum atomic E-state index is -0.458. The van der Waals surface area contributed by atoms with E-state index in [-0.39, 0.29) is 17.9 Å². The minimum Gasteiger partial charge on any atom is -0.347 e. The highest BCUT2D eigenvalue weighted by atomic mass is 32.2. The molecule has 2 amide bonds. The molecule has 0 bridgehead atoms. The van der Waals surface area contributed by atoms with E-state index in [0.29, 0.717) is 0 Å². The summed E-state index contributed by atoms with van der Waals surface area (Å²) in [5.41, 5.74) is 0. The summed E-state index contributed by atoms with van der Waals surface area (Å²) in [6.45, 7) is 1.70. The highest BCUT2D eigenvalue weighted by Crippen LogP contribution is 2.09. The first-order chi connectivity index (χ1) is 7.02. The van der Waals surface area contributed by atoms with Crippen molar-refractivity contribution in [3.8, 4) is 0 Å². The van der Waals surface area contributed by atoms with Gasteiger partial charge < -0.3 is 10.2 Å². The zero-order valence-corrected chi connectivity index (χ0v) is 10.1. The summed E-state index contributed by atoms with van der Waals surface area (Å²) >= 11 is 1.69. The van der Waals surface area contributed by atoms with E-state index in [1.165, 1.54) is 4.90 Å². The van der Waals surface area contributed by atoms with Crippen LogP contribution in [0, 0.1) is 0 Å². The number of rotatable bonds is 3. The van der Waals surface area contributed by atoms with Crippen molar-refractivity contribution in [1.82, 2.24) is 15.5 Å². The van der Waals surface area contributed by atoms with Crippen LogP contribution < -0.4 is 10.6 Å². The summed E-state index contributed by atoms with van der Waals surface area (Å²) in [7, 11) is 3.35. The van der Waals surface area contributed by atoms with Crippen molar-refractivity contribution in [3.63, 3.8) is 0 Å². The van der Waals surface area contributed by atoms with E-state index in [2.05, 4.69) is 10.6 Å². The van der Waals surface area contributed by atoms with Crippen molar-refractivity contribution in [2.24, 2.45) is 0 Å². The van der Waals surface area contributed by atoms with Gasteiger partial charge >= 0.3 is 0 Å². The fourth-order valence-electron chi connectivity index (χ4n) is 1.33. The Balaban J connectivity index is 2.40. The molecule has 0 spiro atoms. The van der Waals surface area contributed by atoms with Crippen molar-refractivity contribution >= 4 is 23.6 Å². The fourth-order valence-corrected chi connectivity index (χ4v) is 2.27. The molecule has 1 rings (SSSR count). The maximum absolute atomic E-state index is 11.6. The maximum atomic E-state index is 11.6. The molecule has 0 aromatic rings. The first-order valence-electron chi connectivity index (χ1n) is 4.85. The van der Waals surface area contributed by atoms with Crippen LogP contribution in [0.4, 0.5) is 0 Å². The number of thioether (sulfide) groups is 1. The van der Waals surface area contributed by atoms with Crippen molar-refractivity contribution in [3.05, 3.63) is 0 Å². The van der Waals surface area contributed by atoms with Gasteiger partial charge in [-0.05, 0) is 6.92 Å². The van der Waals surface area contributed by atoms with Crippen molar-refractivity contribution < 1.29 is 9.59 Å². The summed E-state index contributed by atoms with van der Waals surface area (Å²) in [6, 6.07) is -0.618. The summed E-state index contributed by atoms with van der Waals surface area (Å²) < 4.78 is 0. The van der Waals surface area contributed by atoms with Crippen LogP contribution in [0.25, 0.3) is 0 Å². The molecule has 1 heterocycles. The Bertz CT molecular complexity index is 252. The summed E-state index contributed by atoms with van der Waals surface area (Å²) in [5, 5.41) is 5.75. The van der Waals surface area contributed by atoms with Gasteiger partial charge in [0.15, 0.2) is 0 Å². The molecule has 5 nitrogen and oxygen atoms in total. The van der Waals surface area contributed by atoms with Gasteiger partial charge in [0.1, 0.15) is 6.04 Å². The van der Waals surface area contributed by atoms with E-state index in [4.69, 9.17) is 0 Å². The van der Waals surface area contributed by atoms with Crippen LogP contribution in [-0.4, -0.2) is 54.5 Å². The Morgan fingerprint density at radius 1 is 1.53 bits per heavy atom. The number of hydrogen-bond donors (Lipinski definition) is 2. The zero-order valence-electron chi connectivity index (χ0n) is 9.24. The van der Waals surface area contributed by atoms with Crippen LogP contribution in [0.15, 0.2) is 0 Å². The van der Waals surface area contributed by atoms with Crippen molar-refractivity contribution in [2.45, 2.75) is 19.0 Å². The molecule has 2 N–H and O–H groups in total. The molecule has 2 atom stereocenters. The average molecular weight is 231 g/mol. The van der Waals surface area contributed by atoms with Crippen molar-refractivity contribution in [2.75, 3.05) is 25.7 Å². The Labute approximate surface area is 94.0 Å². The van der Waals surface area contributed by atoms with Crippen LogP contribution in [0.5, 0.6) is 0 Å². The number of likely N-dealkylation sites (N-methyl/N-ethyl adjacent to an activating group) is 1. The first kappa shape index (κ1) is 12.3. The second-order valence-electron chi connectivity index (χ2n) is 3.73. The fraction of sp³-hybridized carbons (Fsp3) is 0.778. The lowest BCUT2D eigenvalue weighted by Gasteiger charge is -2.19. The molecule has 0 radical (unpaired) electrons. The Kier molecular flexibility index (Phi) is 4.41. The quantitative estimate of drug-likeness (QED) is 0.670. The molecule has 0 aromatic carbocycles. The minimum absolute atomic E-state index is 0.0889. The van der Waals surface area contributed by atoms with Crippen molar-refractivity contribution in [1.29, 1.82) is 0 Å². The third-order valence-electron chi connectivity index (χ3n) is 2.20. The molecule has 1 fully saturated rings. The predicted octanol–water partition coefficient (Wildman–Crippen LogP) is -0.758. The molecule has 1 saturated heterocycles. The van der Waals surface area contributed by atoms with Gasteiger partial charge in [0.2, 0.25) is 11.8 Å². The normalized spacial score (nSPS) is 22.2. The average Bonchev–Trinajstić information content (AvgIpc) is 2.68. The molecular weight excluding hydrogens is 214 g/mol. The van der Waals surface area contributed by atoms with Gasteiger partial charge in [-0.15, -0.1) is 11.8 Å². The van der Waals surface area contributed by atoms with Gasteiger partial charge in [0.25, 0.3) is 0 Å². The number of amides is 2. The van der Waals surface area contributed by atoms with E-state index >= 15 is 0 Å². The third kappa shape index (κ3) is 3.39. The predicted molar refractivity (Wildman–Crippen MR) is 60.5 cm³/mol. The standard InChI is InChI=1S/C9H17N3O2S/c1-6(9(14)12(2)3)11-8(13)7-4-15-5-10-7/h6-7,10H,4-5H2,1-3H3,(H,11,13). The Hall–Kier alpha value is -0.750. The SMILES string of the molecule is CC(NC(=O)C1CSCN1)C(=O)N(C)C. The van der Waals surface area contributed by atoms with E-state index in [9.17, 15) is 9.59 Å². The second-order valence-corrected chi connectivity index (χ2v) is 4.77. The van der Waals surface area contributed by atoms with E-state index in [1.807, 2.05) is 0 Å². The zero-order chi connectivity index (χ0) is 11.4. The lowest BCUT2D eigenvalue weighted by atomic mass is 10.2. The van der Waals surface area contributed by atoms with Gasteiger partial charge in [-0.3, -0.25) is 14.9 Å². The van der Waals surface area contributed by atoms with Crippen LogP contribution >= 0.6 is 11.8 Å². The van der Waals surface area contributed by atoms with E-state index in [0.717, 1.165) is 11.6 Å². The van der Waals surface area contributed by atoms with Crippen LogP contribution in [0.3, 0.4) is 0 Å². The van der Waals surface area contributed by atoms with Crippen LogP contribution in [0.1, 0.15) is 6.92 Å². The lowest BCUT2D eigenvalue weighted by molar-refractivity contribution is -0.134. The van der Waals surface area contributed by atoms with E-state index in [1.54, 1.807) is 32.8 Å². The molecule has 86 valence electrons. The molecule has 1 aliphatic heterocycles. The van der Waals surface area contributed by atoms with Gasteiger partial charge in [-0.2, -0.15) is 0 Å². The Morgan fingerprint density at radius 3 is 2.67 bits per heavy atom. The first-order valence-corrected chi connectivity index (χ1v) is 6.00. The number of nitrogens with one attached hydrogen (secondary N) is 2. The molecule has 6 heteroatoms. The number of carbonyl (C=O) groups excluding carboxylic acids is 2. The van der Waals surface area contributed by atoms with Gasteiger partial charge in [-0.1, -0.05) is 0 Å².